The van der Waals surface area contributed by atoms with E-state index in [4.69, 9.17) is 5.73 Å². The summed E-state index contributed by atoms with van der Waals surface area (Å²) in [5.74, 6) is 0.340. The van der Waals surface area contributed by atoms with E-state index >= 15 is 0 Å². The molecule has 2 unspecified atom stereocenters. The molecule has 2 aromatic heterocycles. The highest BCUT2D eigenvalue weighted by atomic mass is 16.2. The molecule has 7 heteroatoms. The number of nitrogens with one attached hydrogen (secondary N) is 1. The lowest BCUT2D eigenvalue weighted by molar-refractivity contribution is 0.0561. The maximum absolute atomic E-state index is 12.9. The SMILES string of the molecule is Cc1cc(=O)n2[nH]cc(C(=O)N3CC(C)CCC3CN)c2n1. The predicted octanol–water partition coefficient (Wildman–Crippen LogP) is 0.530. The van der Waals surface area contributed by atoms with Gasteiger partial charge >= 0.3 is 0 Å². The van der Waals surface area contributed by atoms with E-state index < -0.39 is 0 Å². The fourth-order valence-corrected chi connectivity index (χ4v) is 3.11. The van der Waals surface area contributed by atoms with Crippen LogP contribution < -0.4 is 11.3 Å². The van der Waals surface area contributed by atoms with Crippen molar-refractivity contribution in [1.82, 2.24) is 19.5 Å². The number of rotatable bonds is 2. The second-order valence-corrected chi connectivity index (χ2v) is 6.11. The zero-order valence-electron chi connectivity index (χ0n) is 12.9. The van der Waals surface area contributed by atoms with Crippen LogP contribution in [-0.2, 0) is 0 Å². The number of hydrogen-bond acceptors (Lipinski definition) is 4. The van der Waals surface area contributed by atoms with Crippen LogP contribution in [0.3, 0.4) is 0 Å². The topological polar surface area (TPSA) is 96.5 Å². The Morgan fingerprint density at radius 3 is 3.00 bits per heavy atom. The van der Waals surface area contributed by atoms with E-state index in [-0.39, 0.29) is 17.5 Å². The van der Waals surface area contributed by atoms with Crippen molar-refractivity contribution in [2.24, 2.45) is 11.7 Å². The van der Waals surface area contributed by atoms with Crippen LogP contribution in [0.25, 0.3) is 5.65 Å². The average Bonchev–Trinajstić information content (AvgIpc) is 2.90. The zero-order valence-corrected chi connectivity index (χ0v) is 12.9. The Labute approximate surface area is 128 Å². The maximum Gasteiger partial charge on any atom is 0.272 e. The van der Waals surface area contributed by atoms with Gasteiger partial charge in [0.1, 0.15) is 5.56 Å². The van der Waals surface area contributed by atoms with Gasteiger partial charge in [-0.3, -0.25) is 14.7 Å². The number of piperidine rings is 1. The first-order valence-electron chi connectivity index (χ1n) is 7.60. The zero-order chi connectivity index (χ0) is 15.9. The number of amides is 1. The molecule has 0 spiro atoms. The molecule has 118 valence electrons. The van der Waals surface area contributed by atoms with Gasteiger partial charge < -0.3 is 10.6 Å². The van der Waals surface area contributed by atoms with Gasteiger partial charge in [0.2, 0.25) is 0 Å². The van der Waals surface area contributed by atoms with Gasteiger partial charge in [-0.25, -0.2) is 9.50 Å². The smallest absolute Gasteiger partial charge is 0.272 e. The fraction of sp³-hybridized carbons (Fsp3) is 0.533. The molecule has 3 heterocycles. The number of carbonyl (C=O) groups is 1. The molecule has 0 radical (unpaired) electrons. The summed E-state index contributed by atoms with van der Waals surface area (Å²) >= 11 is 0. The molecule has 0 aliphatic carbocycles. The lowest BCUT2D eigenvalue weighted by atomic mass is 9.93. The van der Waals surface area contributed by atoms with Gasteiger partial charge in [-0.2, -0.15) is 0 Å². The monoisotopic (exact) mass is 303 g/mol. The molecule has 7 nitrogen and oxygen atoms in total. The third kappa shape index (κ3) is 2.41. The summed E-state index contributed by atoms with van der Waals surface area (Å²) in [6, 6.07) is 1.49. The van der Waals surface area contributed by atoms with E-state index in [0.29, 0.717) is 35.9 Å². The number of nitrogens with zero attached hydrogens (tertiary/aromatic N) is 3. The van der Waals surface area contributed by atoms with Gasteiger partial charge in [-0.1, -0.05) is 6.92 Å². The molecule has 22 heavy (non-hydrogen) atoms. The van der Waals surface area contributed by atoms with Gasteiger partial charge in [0.05, 0.1) is 0 Å². The van der Waals surface area contributed by atoms with Crippen LogP contribution in [0, 0.1) is 12.8 Å². The number of nitrogens with two attached hydrogens (primary N) is 1. The Balaban J connectivity index is 2.03. The molecule has 0 aromatic carbocycles. The van der Waals surface area contributed by atoms with Gasteiger partial charge in [-0.05, 0) is 25.7 Å². The highest BCUT2D eigenvalue weighted by Gasteiger charge is 2.31. The number of carbonyl (C=O) groups excluding carboxylic acids is 1. The molecule has 3 rings (SSSR count). The van der Waals surface area contributed by atoms with E-state index in [1.54, 1.807) is 13.1 Å². The number of aromatic nitrogens is 3. The minimum Gasteiger partial charge on any atom is -0.334 e. The van der Waals surface area contributed by atoms with Crippen molar-refractivity contribution < 1.29 is 4.79 Å². The fourth-order valence-electron chi connectivity index (χ4n) is 3.11. The summed E-state index contributed by atoms with van der Waals surface area (Å²) in [5.41, 5.74) is 7.00. The van der Waals surface area contributed by atoms with Gasteiger partial charge in [-0.15, -0.1) is 0 Å². The van der Waals surface area contributed by atoms with Crippen LogP contribution in [-0.4, -0.2) is 44.5 Å². The quantitative estimate of drug-likeness (QED) is 0.846. The Hall–Kier alpha value is -2.15. The van der Waals surface area contributed by atoms with Crippen molar-refractivity contribution in [1.29, 1.82) is 0 Å². The Morgan fingerprint density at radius 1 is 1.50 bits per heavy atom. The van der Waals surface area contributed by atoms with Gasteiger partial charge in [0.15, 0.2) is 5.65 Å². The molecule has 1 fully saturated rings. The molecule has 1 aliphatic heterocycles. The van der Waals surface area contributed by atoms with Crippen molar-refractivity contribution in [3.05, 3.63) is 33.9 Å². The maximum atomic E-state index is 12.9. The highest BCUT2D eigenvalue weighted by molar-refractivity contribution is 5.99. The van der Waals surface area contributed by atoms with Crippen LogP contribution in [0.2, 0.25) is 0 Å². The molecular weight excluding hydrogens is 282 g/mol. The standard InChI is InChI=1S/C15H21N5O2/c1-9-3-4-11(6-16)19(8-9)15(22)12-7-17-20-13(21)5-10(2)18-14(12)20/h5,7,9,11,17H,3-4,6,8,16H2,1-2H3. The molecule has 1 aliphatic rings. The van der Waals surface area contributed by atoms with Gasteiger partial charge in [0.25, 0.3) is 11.5 Å². The third-order valence-electron chi connectivity index (χ3n) is 4.33. The van der Waals surface area contributed by atoms with Crippen LogP contribution in [0.15, 0.2) is 17.1 Å². The second kappa shape index (κ2) is 5.57. The van der Waals surface area contributed by atoms with E-state index in [2.05, 4.69) is 17.0 Å². The summed E-state index contributed by atoms with van der Waals surface area (Å²) in [6.07, 6.45) is 3.55. The minimum absolute atomic E-state index is 0.0511. The number of likely N-dealkylation sites (tertiary alicyclic amines) is 1. The summed E-state index contributed by atoms with van der Waals surface area (Å²) in [6.45, 7) is 5.02. The Bertz CT molecular complexity index is 763. The van der Waals surface area contributed by atoms with Crippen molar-refractivity contribution in [2.75, 3.05) is 13.1 Å². The first-order chi connectivity index (χ1) is 10.5. The molecule has 2 aromatic rings. The summed E-state index contributed by atoms with van der Waals surface area (Å²) in [5, 5.41) is 2.81. The molecule has 0 saturated carbocycles. The Morgan fingerprint density at radius 2 is 2.27 bits per heavy atom. The molecule has 2 atom stereocenters. The number of aromatic amines is 1. The van der Waals surface area contributed by atoms with Crippen LogP contribution in [0.5, 0.6) is 0 Å². The van der Waals surface area contributed by atoms with E-state index in [1.165, 1.54) is 10.6 Å². The van der Waals surface area contributed by atoms with Crippen molar-refractivity contribution >= 4 is 11.6 Å². The number of aryl methyl sites for hydroxylation is 1. The molecule has 3 N–H and O–H groups in total. The largest absolute Gasteiger partial charge is 0.334 e. The van der Waals surface area contributed by atoms with Crippen molar-refractivity contribution in [2.45, 2.75) is 32.7 Å². The summed E-state index contributed by atoms with van der Waals surface area (Å²) in [4.78, 5) is 31.0. The van der Waals surface area contributed by atoms with E-state index in [0.717, 1.165) is 12.8 Å². The number of H-pyrrole nitrogens is 1. The van der Waals surface area contributed by atoms with Gasteiger partial charge in [0, 0.05) is 37.1 Å². The minimum atomic E-state index is -0.219. The van der Waals surface area contributed by atoms with E-state index in [1.807, 2.05) is 4.90 Å². The van der Waals surface area contributed by atoms with E-state index in [9.17, 15) is 9.59 Å². The highest BCUT2D eigenvalue weighted by Crippen LogP contribution is 2.23. The lowest BCUT2D eigenvalue weighted by Crippen LogP contribution is -2.49. The van der Waals surface area contributed by atoms with Crippen molar-refractivity contribution in [3.8, 4) is 0 Å². The molecular formula is C15H21N5O2. The van der Waals surface area contributed by atoms with Crippen LogP contribution in [0.4, 0.5) is 0 Å². The predicted molar refractivity (Wildman–Crippen MR) is 82.8 cm³/mol. The number of fused-ring (bicyclic) bond motifs is 1. The summed E-state index contributed by atoms with van der Waals surface area (Å²) < 4.78 is 1.30. The number of hydrogen-bond donors (Lipinski definition) is 2. The first kappa shape index (κ1) is 14.8. The lowest BCUT2D eigenvalue weighted by Gasteiger charge is -2.38. The average molecular weight is 303 g/mol. The molecule has 1 amide bonds. The molecule has 0 bridgehead atoms. The summed E-state index contributed by atoms with van der Waals surface area (Å²) in [7, 11) is 0. The normalized spacial score (nSPS) is 22.2. The third-order valence-corrected chi connectivity index (χ3v) is 4.33. The first-order valence-corrected chi connectivity index (χ1v) is 7.60. The van der Waals surface area contributed by atoms with Crippen LogP contribution in [0.1, 0.15) is 35.8 Å². The van der Waals surface area contributed by atoms with Crippen molar-refractivity contribution in [3.63, 3.8) is 0 Å². The Kier molecular flexibility index (Phi) is 3.74. The van der Waals surface area contributed by atoms with Crippen LogP contribution >= 0.6 is 0 Å². The second-order valence-electron chi connectivity index (χ2n) is 6.11. The molecule has 1 saturated heterocycles.